The molecule has 0 aliphatic heterocycles. The van der Waals surface area contributed by atoms with Crippen molar-refractivity contribution in [1.82, 2.24) is 14.7 Å². The van der Waals surface area contributed by atoms with Gasteiger partial charge in [-0.2, -0.15) is 5.10 Å². The van der Waals surface area contributed by atoms with E-state index in [0.29, 0.717) is 11.9 Å². The molecule has 0 saturated heterocycles. The second kappa shape index (κ2) is 6.41. The van der Waals surface area contributed by atoms with Gasteiger partial charge in [-0.3, -0.25) is 9.58 Å². The maximum atomic E-state index is 5.78. The molecule has 0 unspecified atom stereocenters. The highest BCUT2D eigenvalue weighted by molar-refractivity contribution is 6.18. The zero-order valence-corrected chi connectivity index (χ0v) is 11.4. The first-order chi connectivity index (χ1) is 8.33. The highest BCUT2D eigenvalue weighted by atomic mass is 35.5. The van der Waals surface area contributed by atoms with E-state index in [9.17, 15) is 0 Å². The summed E-state index contributed by atoms with van der Waals surface area (Å²) in [6, 6.07) is 2.79. The quantitative estimate of drug-likeness (QED) is 0.729. The molecule has 0 atom stereocenters. The van der Waals surface area contributed by atoms with Gasteiger partial charge in [-0.25, -0.2) is 0 Å². The lowest BCUT2D eigenvalue weighted by atomic mass is 10.3. The molecule has 1 aliphatic rings. The van der Waals surface area contributed by atoms with Crippen LogP contribution in [0.3, 0.4) is 0 Å². The number of rotatable bonds is 6. The monoisotopic (exact) mass is 255 g/mol. The molecule has 0 spiro atoms. The molecule has 1 fully saturated rings. The van der Waals surface area contributed by atoms with Crippen molar-refractivity contribution in [3.05, 3.63) is 18.0 Å². The van der Waals surface area contributed by atoms with Crippen molar-refractivity contribution >= 4 is 11.6 Å². The molecule has 0 N–H and O–H groups in total. The Morgan fingerprint density at radius 1 is 1.47 bits per heavy atom. The minimum atomic E-state index is 0.645. The van der Waals surface area contributed by atoms with Crippen molar-refractivity contribution in [2.45, 2.75) is 45.2 Å². The molecule has 0 aromatic carbocycles. The largest absolute Gasteiger partial charge is 0.297 e. The van der Waals surface area contributed by atoms with E-state index in [1.165, 1.54) is 31.4 Å². The molecular formula is C13H22ClN3. The van der Waals surface area contributed by atoms with Gasteiger partial charge in [0.25, 0.3) is 0 Å². The summed E-state index contributed by atoms with van der Waals surface area (Å²) in [4.78, 5) is 2.33. The molecule has 0 amide bonds. The molecule has 96 valence electrons. The average Bonchev–Trinajstić information content (AvgIpc) is 2.98. The third kappa shape index (κ3) is 3.46. The fourth-order valence-electron chi connectivity index (χ4n) is 2.53. The van der Waals surface area contributed by atoms with Crippen LogP contribution in [0.15, 0.2) is 12.3 Å². The van der Waals surface area contributed by atoms with Gasteiger partial charge >= 0.3 is 0 Å². The first-order valence-electron chi connectivity index (χ1n) is 6.66. The van der Waals surface area contributed by atoms with Crippen LogP contribution < -0.4 is 0 Å². The zero-order valence-electron chi connectivity index (χ0n) is 10.6. The smallest absolute Gasteiger partial charge is 0.0764 e. The van der Waals surface area contributed by atoms with Gasteiger partial charge in [0.15, 0.2) is 0 Å². The zero-order chi connectivity index (χ0) is 12.1. The van der Waals surface area contributed by atoms with E-state index in [1.54, 1.807) is 0 Å². The van der Waals surface area contributed by atoms with Gasteiger partial charge in [0.2, 0.25) is 0 Å². The molecule has 1 saturated carbocycles. The van der Waals surface area contributed by atoms with Crippen LogP contribution in [-0.4, -0.2) is 33.6 Å². The molecule has 2 rings (SSSR count). The Morgan fingerprint density at radius 2 is 2.24 bits per heavy atom. The number of halogens is 1. The Hall–Kier alpha value is -0.540. The Labute approximate surface area is 109 Å². The fraction of sp³-hybridized carbons (Fsp3) is 0.769. The van der Waals surface area contributed by atoms with Gasteiger partial charge in [-0.15, -0.1) is 11.6 Å². The van der Waals surface area contributed by atoms with Crippen molar-refractivity contribution in [2.24, 2.45) is 0 Å². The maximum absolute atomic E-state index is 5.78. The summed E-state index contributed by atoms with van der Waals surface area (Å²) < 4.78 is 2.16. The van der Waals surface area contributed by atoms with E-state index in [4.69, 9.17) is 16.7 Å². The van der Waals surface area contributed by atoms with Gasteiger partial charge in [0, 0.05) is 25.2 Å². The minimum absolute atomic E-state index is 0.645. The predicted molar refractivity (Wildman–Crippen MR) is 71.4 cm³/mol. The molecule has 0 radical (unpaired) electrons. The van der Waals surface area contributed by atoms with Gasteiger partial charge in [0.05, 0.1) is 11.7 Å². The van der Waals surface area contributed by atoms with Crippen LogP contribution in [0, 0.1) is 0 Å². The second-order valence-corrected chi connectivity index (χ2v) is 5.16. The van der Waals surface area contributed by atoms with Crippen LogP contribution >= 0.6 is 11.6 Å². The van der Waals surface area contributed by atoms with Crippen molar-refractivity contribution in [2.75, 3.05) is 19.0 Å². The van der Waals surface area contributed by atoms with Crippen molar-refractivity contribution in [1.29, 1.82) is 0 Å². The van der Waals surface area contributed by atoms with Crippen LogP contribution in [0.4, 0.5) is 0 Å². The van der Waals surface area contributed by atoms with Gasteiger partial charge < -0.3 is 0 Å². The molecule has 4 heteroatoms. The summed E-state index contributed by atoms with van der Waals surface area (Å²) in [6.07, 6.45) is 7.43. The van der Waals surface area contributed by atoms with Gasteiger partial charge in [-0.1, -0.05) is 19.8 Å². The van der Waals surface area contributed by atoms with Crippen LogP contribution in [0.25, 0.3) is 0 Å². The van der Waals surface area contributed by atoms with Crippen LogP contribution in [0.5, 0.6) is 0 Å². The molecular weight excluding hydrogens is 234 g/mol. The second-order valence-electron chi connectivity index (χ2n) is 4.78. The molecule has 0 bridgehead atoms. The molecule has 17 heavy (non-hydrogen) atoms. The summed E-state index contributed by atoms with van der Waals surface area (Å²) in [5, 5.41) is 4.69. The third-order valence-corrected chi connectivity index (χ3v) is 3.76. The highest BCUT2D eigenvalue weighted by Crippen LogP contribution is 2.28. The summed E-state index contributed by atoms with van der Waals surface area (Å²) >= 11 is 5.78. The first kappa shape index (κ1) is 12.9. The lowest BCUT2D eigenvalue weighted by Crippen LogP contribution is -2.25. The van der Waals surface area contributed by atoms with E-state index < -0.39 is 0 Å². The van der Waals surface area contributed by atoms with E-state index in [0.717, 1.165) is 19.6 Å². The van der Waals surface area contributed by atoms with Crippen LogP contribution in [0.1, 0.15) is 44.3 Å². The normalized spacial score (nSPS) is 17.1. The lowest BCUT2D eigenvalue weighted by molar-refractivity contribution is 0.291. The molecule has 1 heterocycles. The third-order valence-electron chi connectivity index (χ3n) is 3.60. The maximum Gasteiger partial charge on any atom is 0.0764 e. The topological polar surface area (TPSA) is 21.1 Å². The Morgan fingerprint density at radius 3 is 2.88 bits per heavy atom. The van der Waals surface area contributed by atoms with Crippen molar-refractivity contribution < 1.29 is 0 Å². The predicted octanol–water partition coefficient (Wildman–Crippen LogP) is 3.06. The lowest BCUT2D eigenvalue weighted by Gasteiger charge is -2.17. The van der Waals surface area contributed by atoms with Crippen molar-refractivity contribution in [3.8, 4) is 0 Å². The van der Waals surface area contributed by atoms with E-state index >= 15 is 0 Å². The minimum Gasteiger partial charge on any atom is -0.297 e. The summed E-state index contributed by atoms with van der Waals surface area (Å²) in [7, 11) is 0. The average molecular weight is 256 g/mol. The number of hydrogen-bond donors (Lipinski definition) is 0. The molecule has 1 aromatic rings. The van der Waals surface area contributed by atoms with Gasteiger partial charge in [0.1, 0.15) is 0 Å². The Kier molecular flexibility index (Phi) is 4.86. The highest BCUT2D eigenvalue weighted by Gasteiger charge is 2.17. The van der Waals surface area contributed by atoms with Crippen LogP contribution in [-0.2, 0) is 6.54 Å². The van der Waals surface area contributed by atoms with Crippen LogP contribution in [0.2, 0.25) is 0 Å². The number of aromatic nitrogens is 2. The fourth-order valence-corrected chi connectivity index (χ4v) is 2.77. The number of nitrogens with zero attached hydrogens (tertiary/aromatic N) is 3. The SMILES string of the molecule is CCN(CCCl)Cc1ccn(C2CCCC2)n1. The van der Waals surface area contributed by atoms with Crippen molar-refractivity contribution in [3.63, 3.8) is 0 Å². The van der Waals surface area contributed by atoms with E-state index in [1.807, 2.05) is 0 Å². The Bertz CT molecular complexity index is 331. The molecule has 3 nitrogen and oxygen atoms in total. The number of alkyl halides is 1. The molecule has 1 aliphatic carbocycles. The van der Waals surface area contributed by atoms with Gasteiger partial charge in [-0.05, 0) is 25.5 Å². The first-order valence-corrected chi connectivity index (χ1v) is 7.19. The summed E-state index contributed by atoms with van der Waals surface area (Å²) in [6.45, 7) is 5.06. The van der Waals surface area contributed by atoms with E-state index in [-0.39, 0.29) is 0 Å². The summed E-state index contributed by atoms with van der Waals surface area (Å²) in [5.41, 5.74) is 1.17. The van der Waals surface area contributed by atoms with E-state index in [2.05, 4.69) is 28.8 Å². The summed E-state index contributed by atoms with van der Waals surface area (Å²) in [5.74, 6) is 0.692. The Balaban J connectivity index is 1.92. The number of hydrogen-bond acceptors (Lipinski definition) is 2. The molecule has 1 aromatic heterocycles. The standard InChI is InChI=1S/C13H22ClN3/c1-2-16(10-8-14)11-12-7-9-17(15-12)13-5-3-4-6-13/h7,9,13H,2-6,8,10-11H2,1H3.